The molecule has 5 rings (SSSR count). The van der Waals surface area contributed by atoms with E-state index in [0.717, 1.165) is 22.8 Å². The van der Waals surface area contributed by atoms with Crippen LogP contribution in [0.1, 0.15) is 78.9 Å². The lowest BCUT2D eigenvalue weighted by Gasteiger charge is -2.22. The van der Waals surface area contributed by atoms with Gasteiger partial charge in [-0.3, -0.25) is 9.20 Å². The van der Waals surface area contributed by atoms with Crippen LogP contribution in [-0.2, 0) is 6.54 Å². The average Bonchev–Trinajstić information content (AvgIpc) is 3.44. The number of ether oxygens (including phenoxy) is 1. The normalized spacial score (nSPS) is 14.9. The van der Waals surface area contributed by atoms with Crippen LogP contribution in [0.2, 0.25) is 0 Å². The Balaban J connectivity index is 1.43. The van der Waals surface area contributed by atoms with Gasteiger partial charge in [0.15, 0.2) is 0 Å². The molecule has 4 aromatic rings. The van der Waals surface area contributed by atoms with Gasteiger partial charge in [-0.2, -0.15) is 0 Å². The van der Waals surface area contributed by atoms with Crippen molar-refractivity contribution in [1.29, 1.82) is 0 Å². The van der Waals surface area contributed by atoms with Crippen LogP contribution < -0.4 is 15.8 Å². The first-order valence-electron chi connectivity index (χ1n) is 12.1. The number of nitrogens with zero attached hydrogens (tertiary/aromatic N) is 2. The van der Waals surface area contributed by atoms with E-state index >= 15 is 0 Å². The van der Waals surface area contributed by atoms with E-state index in [-0.39, 0.29) is 11.6 Å². The third kappa shape index (κ3) is 5.11. The highest BCUT2D eigenvalue weighted by atomic mass is 32.1. The number of nitrogens with one attached hydrogen (secondary N) is 1. The standard InChI is InChI=1S/C28H32N4O2S/c1-17(20-11-8-18(15-31-28(2,3)4)13-21(20)19-9-10-19)34-23-14-24(35-26(23)27(29)33)22-16-30-25-7-5-6-12-32(22)25/h5-8,11-14,16-17,19,31H,9-10,15H2,1-4H3,(H2,29,33)/t17-/m1/s1. The molecule has 0 saturated heterocycles. The second-order valence-electron chi connectivity index (χ2n) is 10.3. The first kappa shape index (κ1) is 23.6. The van der Waals surface area contributed by atoms with E-state index in [1.807, 2.05) is 48.0 Å². The van der Waals surface area contributed by atoms with Crippen LogP contribution in [0.5, 0.6) is 5.75 Å². The maximum Gasteiger partial charge on any atom is 0.262 e. The van der Waals surface area contributed by atoms with Crippen LogP contribution in [0.4, 0.5) is 0 Å². The van der Waals surface area contributed by atoms with E-state index in [1.165, 1.54) is 40.9 Å². The van der Waals surface area contributed by atoms with Gasteiger partial charge in [-0.25, -0.2) is 4.98 Å². The molecule has 7 heteroatoms. The molecular formula is C28H32N4O2S. The Hall–Kier alpha value is -3.16. The van der Waals surface area contributed by atoms with Crippen molar-refractivity contribution in [2.24, 2.45) is 5.73 Å². The molecule has 182 valence electrons. The molecule has 1 saturated carbocycles. The van der Waals surface area contributed by atoms with Crippen molar-refractivity contribution in [2.75, 3.05) is 0 Å². The fraction of sp³-hybridized carbons (Fsp3) is 0.357. The molecular weight excluding hydrogens is 456 g/mol. The Bertz CT molecular complexity index is 1380. The zero-order valence-electron chi connectivity index (χ0n) is 20.7. The van der Waals surface area contributed by atoms with E-state index in [9.17, 15) is 4.79 Å². The number of hydrogen-bond acceptors (Lipinski definition) is 5. The minimum atomic E-state index is -0.483. The number of hydrogen-bond donors (Lipinski definition) is 2. The van der Waals surface area contributed by atoms with E-state index in [1.54, 1.807) is 0 Å². The molecule has 0 aliphatic heterocycles. The predicted molar refractivity (Wildman–Crippen MR) is 141 cm³/mol. The smallest absolute Gasteiger partial charge is 0.262 e. The molecule has 35 heavy (non-hydrogen) atoms. The van der Waals surface area contributed by atoms with Gasteiger partial charge in [-0.15, -0.1) is 11.3 Å². The number of imidazole rings is 1. The Morgan fingerprint density at radius 3 is 2.77 bits per heavy atom. The van der Waals surface area contributed by atoms with Crippen molar-refractivity contribution in [2.45, 2.75) is 64.6 Å². The Morgan fingerprint density at radius 1 is 1.26 bits per heavy atom. The van der Waals surface area contributed by atoms with Crippen LogP contribution in [0.25, 0.3) is 16.2 Å². The van der Waals surface area contributed by atoms with Gasteiger partial charge < -0.3 is 15.8 Å². The maximum absolute atomic E-state index is 12.3. The second-order valence-corrected chi connectivity index (χ2v) is 11.4. The van der Waals surface area contributed by atoms with E-state index in [4.69, 9.17) is 10.5 Å². The van der Waals surface area contributed by atoms with Gasteiger partial charge in [0.1, 0.15) is 22.4 Å². The fourth-order valence-electron chi connectivity index (χ4n) is 4.35. The molecule has 0 bridgehead atoms. The van der Waals surface area contributed by atoms with Crippen molar-refractivity contribution in [1.82, 2.24) is 14.7 Å². The minimum absolute atomic E-state index is 0.0669. The topological polar surface area (TPSA) is 81.7 Å². The number of pyridine rings is 1. The summed E-state index contributed by atoms with van der Waals surface area (Å²) in [6, 6.07) is 14.4. The third-order valence-corrected chi connectivity index (χ3v) is 7.48. The highest BCUT2D eigenvalue weighted by Crippen LogP contribution is 2.45. The Labute approximate surface area is 210 Å². The van der Waals surface area contributed by atoms with Gasteiger partial charge >= 0.3 is 0 Å². The van der Waals surface area contributed by atoms with Crippen molar-refractivity contribution in [3.05, 3.63) is 76.4 Å². The largest absolute Gasteiger partial charge is 0.484 e. The summed E-state index contributed by atoms with van der Waals surface area (Å²) in [6.45, 7) is 9.41. The van der Waals surface area contributed by atoms with Crippen LogP contribution >= 0.6 is 11.3 Å². The van der Waals surface area contributed by atoms with Crippen molar-refractivity contribution in [3.8, 4) is 16.3 Å². The van der Waals surface area contributed by atoms with Crippen molar-refractivity contribution < 1.29 is 9.53 Å². The lowest BCUT2D eigenvalue weighted by atomic mass is 9.96. The monoisotopic (exact) mass is 488 g/mol. The molecule has 1 amide bonds. The Kier molecular flexibility index (Phi) is 6.15. The number of aromatic nitrogens is 2. The van der Waals surface area contributed by atoms with Crippen molar-refractivity contribution >= 4 is 22.9 Å². The first-order valence-corrected chi connectivity index (χ1v) is 12.9. The summed E-state index contributed by atoms with van der Waals surface area (Å²) in [5.74, 6) is 0.622. The lowest BCUT2D eigenvalue weighted by Crippen LogP contribution is -2.35. The number of carbonyl (C=O) groups excluding carboxylic acids is 1. The number of nitrogens with two attached hydrogens (primary N) is 1. The molecule has 3 aromatic heterocycles. The summed E-state index contributed by atoms with van der Waals surface area (Å²) in [5.41, 5.74) is 11.4. The summed E-state index contributed by atoms with van der Waals surface area (Å²) >= 11 is 1.34. The molecule has 0 radical (unpaired) electrons. The number of amides is 1. The quantitative estimate of drug-likeness (QED) is 0.315. The second kappa shape index (κ2) is 9.13. The SMILES string of the molecule is C[C@@H](Oc1cc(-c2cnc3ccccn23)sc1C(N)=O)c1ccc(CNC(C)(C)C)cc1C1CC1. The summed E-state index contributed by atoms with van der Waals surface area (Å²) in [4.78, 5) is 18.1. The number of rotatable bonds is 8. The van der Waals surface area contributed by atoms with Gasteiger partial charge in [-0.05, 0) is 75.3 Å². The number of thiophene rings is 1. The molecule has 0 spiro atoms. The minimum Gasteiger partial charge on any atom is -0.484 e. The molecule has 6 nitrogen and oxygen atoms in total. The first-order chi connectivity index (χ1) is 16.7. The van der Waals surface area contributed by atoms with Crippen LogP contribution in [-0.4, -0.2) is 20.8 Å². The van der Waals surface area contributed by atoms with Gasteiger partial charge in [0, 0.05) is 24.3 Å². The molecule has 0 unspecified atom stereocenters. The maximum atomic E-state index is 12.3. The number of primary amides is 1. The summed E-state index contributed by atoms with van der Waals surface area (Å²) in [7, 11) is 0. The molecule has 3 N–H and O–H groups in total. The average molecular weight is 489 g/mol. The summed E-state index contributed by atoms with van der Waals surface area (Å²) in [5, 5.41) is 3.57. The third-order valence-electron chi connectivity index (χ3n) is 6.32. The lowest BCUT2D eigenvalue weighted by molar-refractivity contribution is 0.0998. The van der Waals surface area contributed by atoms with Gasteiger partial charge in [0.2, 0.25) is 0 Å². The summed E-state index contributed by atoms with van der Waals surface area (Å²) in [6.07, 6.45) is 5.98. The zero-order valence-corrected chi connectivity index (χ0v) is 21.5. The van der Waals surface area contributed by atoms with Gasteiger partial charge in [0.25, 0.3) is 5.91 Å². The highest BCUT2D eigenvalue weighted by Gasteiger charge is 2.29. The van der Waals surface area contributed by atoms with Gasteiger partial charge in [-0.1, -0.05) is 24.3 Å². The number of benzene rings is 1. The van der Waals surface area contributed by atoms with Crippen molar-refractivity contribution in [3.63, 3.8) is 0 Å². The predicted octanol–water partition coefficient (Wildman–Crippen LogP) is 6.07. The molecule has 1 aliphatic carbocycles. The number of fused-ring (bicyclic) bond motifs is 1. The van der Waals surface area contributed by atoms with Crippen LogP contribution in [0.15, 0.2) is 54.9 Å². The van der Waals surface area contributed by atoms with Crippen LogP contribution in [0, 0.1) is 0 Å². The molecule has 1 aliphatic rings. The zero-order chi connectivity index (χ0) is 24.7. The highest BCUT2D eigenvalue weighted by molar-refractivity contribution is 7.17. The Morgan fingerprint density at radius 2 is 2.06 bits per heavy atom. The van der Waals surface area contributed by atoms with E-state index < -0.39 is 5.91 Å². The molecule has 1 fully saturated rings. The summed E-state index contributed by atoms with van der Waals surface area (Å²) < 4.78 is 8.42. The fourth-order valence-corrected chi connectivity index (χ4v) is 5.30. The number of carbonyl (C=O) groups is 1. The van der Waals surface area contributed by atoms with E-state index in [2.05, 4.69) is 49.3 Å². The molecule has 3 heterocycles. The molecule has 1 atom stereocenters. The van der Waals surface area contributed by atoms with Gasteiger partial charge in [0.05, 0.1) is 16.8 Å². The molecule has 1 aromatic carbocycles. The van der Waals surface area contributed by atoms with E-state index in [0.29, 0.717) is 16.5 Å². The van der Waals surface area contributed by atoms with Crippen LogP contribution in [0.3, 0.4) is 0 Å².